The SMILES string of the molecule is COc1cccc(NC(=O)[C@@H](Sc2nnc(-c3ccco3)n2CC(C)C)c2ccccc2)c1. The van der Waals surface area contributed by atoms with Crippen LogP contribution in [0.2, 0.25) is 0 Å². The number of hydrogen-bond donors (Lipinski definition) is 1. The first-order valence-electron chi connectivity index (χ1n) is 10.7. The van der Waals surface area contributed by atoms with E-state index < -0.39 is 5.25 Å². The predicted octanol–water partition coefficient (Wildman–Crippen LogP) is 5.67. The summed E-state index contributed by atoms with van der Waals surface area (Å²) >= 11 is 1.37. The van der Waals surface area contributed by atoms with Gasteiger partial charge in [0.2, 0.25) is 5.91 Å². The highest BCUT2D eigenvalue weighted by Gasteiger charge is 2.27. The van der Waals surface area contributed by atoms with E-state index in [2.05, 4.69) is 29.4 Å². The molecule has 2 aromatic heterocycles. The summed E-state index contributed by atoms with van der Waals surface area (Å²) in [6, 6.07) is 20.7. The predicted molar refractivity (Wildman–Crippen MR) is 129 cm³/mol. The topological polar surface area (TPSA) is 82.2 Å². The van der Waals surface area contributed by atoms with Gasteiger partial charge in [-0.05, 0) is 35.7 Å². The molecule has 0 aliphatic carbocycles. The fraction of sp³-hybridized carbons (Fsp3) is 0.240. The van der Waals surface area contributed by atoms with Crippen molar-refractivity contribution in [2.75, 3.05) is 12.4 Å². The molecule has 170 valence electrons. The number of aromatic nitrogens is 3. The molecule has 0 saturated heterocycles. The molecule has 33 heavy (non-hydrogen) atoms. The zero-order valence-electron chi connectivity index (χ0n) is 18.8. The first-order chi connectivity index (χ1) is 16.0. The van der Waals surface area contributed by atoms with Crippen molar-refractivity contribution in [2.24, 2.45) is 5.92 Å². The number of benzene rings is 2. The number of ether oxygens (including phenoxy) is 1. The number of anilines is 1. The monoisotopic (exact) mass is 462 g/mol. The molecule has 0 bridgehead atoms. The molecule has 0 unspecified atom stereocenters. The minimum atomic E-state index is -0.531. The molecule has 8 heteroatoms. The lowest BCUT2D eigenvalue weighted by Crippen LogP contribution is -2.20. The molecule has 0 aliphatic rings. The van der Waals surface area contributed by atoms with Gasteiger partial charge in [0, 0.05) is 18.3 Å². The maximum atomic E-state index is 13.4. The van der Waals surface area contributed by atoms with Crippen molar-refractivity contribution < 1.29 is 13.9 Å². The van der Waals surface area contributed by atoms with E-state index in [-0.39, 0.29) is 5.91 Å². The zero-order chi connectivity index (χ0) is 23.2. The summed E-state index contributed by atoms with van der Waals surface area (Å²) in [6.07, 6.45) is 1.62. The molecule has 0 saturated carbocycles. The van der Waals surface area contributed by atoms with E-state index in [1.54, 1.807) is 19.4 Å². The zero-order valence-corrected chi connectivity index (χ0v) is 19.6. The van der Waals surface area contributed by atoms with E-state index in [4.69, 9.17) is 9.15 Å². The third-order valence-electron chi connectivity index (χ3n) is 4.91. The Hall–Kier alpha value is -3.52. The van der Waals surface area contributed by atoms with Crippen molar-refractivity contribution in [1.82, 2.24) is 14.8 Å². The first kappa shape index (κ1) is 22.7. The van der Waals surface area contributed by atoms with Gasteiger partial charge in [0.05, 0.1) is 13.4 Å². The number of hydrogen-bond acceptors (Lipinski definition) is 6. The summed E-state index contributed by atoms with van der Waals surface area (Å²) in [6.45, 7) is 4.96. The Morgan fingerprint density at radius 1 is 1.09 bits per heavy atom. The van der Waals surface area contributed by atoms with E-state index in [1.165, 1.54) is 11.8 Å². The Bertz CT molecular complexity index is 1190. The average Bonchev–Trinajstić information content (AvgIpc) is 3.48. The standard InChI is InChI=1S/C25H26N4O3S/c1-17(2)16-29-23(21-13-8-14-32-21)27-28-25(29)33-22(18-9-5-4-6-10-18)24(30)26-19-11-7-12-20(15-19)31-3/h4-15,17,22H,16H2,1-3H3,(H,26,30)/t22-/m0/s1. The highest BCUT2D eigenvalue weighted by atomic mass is 32.2. The number of carbonyl (C=O) groups excluding carboxylic acids is 1. The number of thioether (sulfide) groups is 1. The Balaban J connectivity index is 1.67. The van der Waals surface area contributed by atoms with Gasteiger partial charge in [-0.25, -0.2) is 0 Å². The minimum Gasteiger partial charge on any atom is -0.497 e. The van der Waals surface area contributed by atoms with Crippen LogP contribution in [0.5, 0.6) is 5.75 Å². The molecule has 1 atom stereocenters. The molecule has 4 rings (SSSR count). The molecule has 4 aromatic rings. The summed E-state index contributed by atoms with van der Waals surface area (Å²) in [5, 5.41) is 11.9. The van der Waals surface area contributed by atoms with Crippen molar-refractivity contribution in [2.45, 2.75) is 30.8 Å². The Labute approximate surface area is 197 Å². The first-order valence-corrected chi connectivity index (χ1v) is 11.6. The van der Waals surface area contributed by atoms with Crippen LogP contribution in [0.3, 0.4) is 0 Å². The van der Waals surface area contributed by atoms with Gasteiger partial charge < -0.3 is 14.5 Å². The average molecular weight is 463 g/mol. The van der Waals surface area contributed by atoms with Crippen LogP contribution in [-0.4, -0.2) is 27.8 Å². The molecule has 0 spiro atoms. The van der Waals surface area contributed by atoms with E-state index in [1.807, 2.05) is 65.2 Å². The second-order valence-electron chi connectivity index (χ2n) is 7.92. The van der Waals surface area contributed by atoms with Crippen molar-refractivity contribution in [3.05, 3.63) is 78.6 Å². The summed E-state index contributed by atoms with van der Waals surface area (Å²) < 4.78 is 12.9. The number of furan rings is 1. The summed E-state index contributed by atoms with van der Waals surface area (Å²) in [4.78, 5) is 13.4. The molecular weight excluding hydrogens is 436 g/mol. The molecule has 2 heterocycles. The third-order valence-corrected chi connectivity index (χ3v) is 6.14. The molecule has 2 aromatic carbocycles. The van der Waals surface area contributed by atoms with Gasteiger partial charge in [-0.1, -0.05) is 62.0 Å². The Morgan fingerprint density at radius 2 is 1.91 bits per heavy atom. The normalized spacial score (nSPS) is 12.0. The Morgan fingerprint density at radius 3 is 2.61 bits per heavy atom. The number of nitrogens with one attached hydrogen (secondary N) is 1. The number of rotatable bonds is 9. The van der Waals surface area contributed by atoms with Crippen LogP contribution in [0.1, 0.15) is 24.7 Å². The van der Waals surface area contributed by atoms with Crippen LogP contribution >= 0.6 is 11.8 Å². The summed E-state index contributed by atoms with van der Waals surface area (Å²) in [5.41, 5.74) is 1.54. The fourth-order valence-electron chi connectivity index (χ4n) is 3.41. The maximum Gasteiger partial charge on any atom is 0.242 e. The lowest BCUT2D eigenvalue weighted by Gasteiger charge is -2.18. The summed E-state index contributed by atoms with van der Waals surface area (Å²) in [5.74, 6) is 2.17. The van der Waals surface area contributed by atoms with Crippen LogP contribution < -0.4 is 10.1 Å². The molecule has 1 N–H and O–H groups in total. The van der Waals surface area contributed by atoms with Crippen LogP contribution in [0.15, 0.2) is 82.6 Å². The lowest BCUT2D eigenvalue weighted by molar-refractivity contribution is -0.115. The maximum absolute atomic E-state index is 13.4. The van der Waals surface area contributed by atoms with Gasteiger partial charge in [-0.3, -0.25) is 9.36 Å². The Kier molecular flexibility index (Phi) is 7.14. The molecule has 7 nitrogen and oxygen atoms in total. The quantitative estimate of drug-likeness (QED) is 0.323. The minimum absolute atomic E-state index is 0.155. The van der Waals surface area contributed by atoms with Gasteiger partial charge in [0.15, 0.2) is 16.7 Å². The van der Waals surface area contributed by atoms with Crippen LogP contribution in [0.4, 0.5) is 5.69 Å². The molecule has 1 amide bonds. The van der Waals surface area contributed by atoms with Gasteiger partial charge >= 0.3 is 0 Å². The van der Waals surface area contributed by atoms with Crippen molar-refractivity contribution >= 4 is 23.4 Å². The van der Waals surface area contributed by atoms with Gasteiger partial charge in [-0.2, -0.15) is 0 Å². The number of amides is 1. The fourth-order valence-corrected chi connectivity index (χ4v) is 4.45. The lowest BCUT2D eigenvalue weighted by atomic mass is 10.1. The van der Waals surface area contributed by atoms with E-state index in [0.717, 1.165) is 5.56 Å². The van der Waals surface area contributed by atoms with Gasteiger partial charge in [0.25, 0.3) is 0 Å². The smallest absolute Gasteiger partial charge is 0.242 e. The highest BCUT2D eigenvalue weighted by Crippen LogP contribution is 2.37. The number of methoxy groups -OCH3 is 1. The third kappa shape index (κ3) is 5.46. The van der Waals surface area contributed by atoms with E-state index in [9.17, 15) is 4.79 Å². The highest BCUT2D eigenvalue weighted by molar-refractivity contribution is 8.00. The second-order valence-corrected chi connectivity index (χ2v) is 8.99. The summed E-state index contributed by atoms with van der Waals surface area (Å²) in [7, 11) is 1.60. The van der Waals surface area contributed by atoms with Crippen LogP contribution in [0.25, 0.3) is 11.6 Å². The van der Waals surface area contributed by atoms with Crippen LogP contribution in [0, 0.1) is 5.92 Å². The van der Waals surface area contributed by atoms with Crippen LogP contribution in [-0.2, 0) is 11.3 Å². The van der Waals surface area contributed by atoms with Crippen molar-refractivity contribution in [1.29, 1.82) is 0 Å². The van der Waals surface area contributed by atoms with Gasteiger partial charge in [-0.15, -0.1) is 10.2 Å². The van der Waals surface area contributed by atoms with E-state index >= 15 is 0 Å². The largest absolute Gasteiger partial charge is 0.497 e. The van der Waals surface area contributed by atoms with Crippen molar-refractivity contribution in [3.8, 4) is 17.3 Å². The van der Waals surface area contributed by atoms with Gasteiger partial charge in [0.1, 0.15) is 11.0 Å². The molecule has 0 radical (unpaired) electrons. The van der Waals surface area contributed by atoms with Crippen molar-refractivity contribution in [3.63, 3.8) is 0 Å². The molecule has 0 aliphatic heterocycles. The molecular formula is C25H26N4O3S. The van der Waals surface area contributed by atoms with E-state index in [0.29, 0.717) is 40.6 Å². The molecule has 0 fully saturated rings. The second kappa shape index (κ2) is 10.4. The number of carbonyl (C=O) groups is 1. The number of nitrogens with zero attached hydrogens (tertiary/aromatic N) is 3.